The molecule has 0 aromatic carbocycles. The number of rotatable bonds is 3. The maximum atomic E-state index is 11.4. The number of nitrogen functional groups attached to an aromatic ring is 1. The summed E-state index contributed by atoms with van der Waals surface area (Å²) in [4.78, 5) is 19.2. The van der Waals surface area contributed by atoms with Crippen molar-refractivity contribution in [1.29, 1.82) is 0 Å². The minimum atomic E-state index is -0.517. The Kier molecular flexibility index (Phi) is 5.11. The maximum absolute atomic E-state index is 11.4. The molecule has 1 rings (SSSR count). The molecule has 0 aliphatic heterocycles. The van der Waals surface area contributed by atoms with Gasteiger partial charge in [-0.05, 0) is 26.8 Å². The van der Waals surface area contributed by atoms with Gasteiger partial charge in [-0.15, -0.1) is 0 Å². The fourth-order valence-electron chi connectivity index (χ4n) is 1.14. The van der Waals surface area contributed by atoms with E-state index in [0.717, 1.165) is 0 Å². The van der Waals surface area contributed by atoms with E-state index in [0.29, 0.717) is 12.2 Å². The molecule has 0 aliphatic rings. The zero-order chi connectivity index (χ0) is 14.5. The first-order valence-corrected chi connectivity index (χ1v) is 6.07. The van der Waals surface area contributed by atoms with Gasteiger partial charge in [0.25, 0.3) is 0 Å². The number of anilines is 1. The lowest BCUT2D eigenvalue weighted by Gasteiger charge is -2.19. The molecule has 0 saturated heterocycles. The van der Waals surface area contributed by atoms with E-state index in [1.54, 1.807) is 32.9 Å². The molecule has 104 valence electrons. The van der Waals surface area contributed by atoms with Gasteiger partial charge in [0.05, 0.1) is 6.20 Å². The van der Waals surface area contributed by atoms with Crippen molar-refractivity contribution in [2.45, 2.75) is 26.4 Å². The highest BCUT2D eigenvalue weighted by atomic mass is 35.5. The van der Waals surface area contributed by atoms with Gasteiger partial charge in [0.2, 0.25) is 0 Å². The number of nitrogens with two attached hydrogens (primary N) is 1. The van der Waals surface area contributed by atoms with Crippen LogP contribution in [0.25, 0.3) is 6.08 Å². The average Bonchev–Trinajstić information content (AvgIpc) is 2.26. The number of nitrogens with one attached hydrogen (secondary N) is 1. The van der Waals surface area contributed by atoms with Gasteiger partial charge in [-0.2, -0.15) is 0 Å². The number of aromatic nitrogens is 2. The van der Waals surface area contributed by atoms with Crippen molar-refractivity contribution in [2.75, 3.05) is 12.3 Å². The van der Waals surface area contributed by atoms with Gasteiger partial charge < -0.3 is 15.8 Å². The number of ether oxygens (including phenoxy) is 1. The lowest BCUT2D eigenvalue weighted by Crippen LogP contribution is -2.32. The van der Waals surface area contributed by atoms with E-state index in [2.05, 4.69) is 15.3 Å². The van der Waals surface area contributed by atoms with Gasteiger partial charge in [-0.3, -0.25) is 0 Å². The molecule has 0 saturated carbocycles. The lowest BCUT2D eigenvalue weighted by atomic mass is 10.2. The summed E-state index contributed by atoms with van der Waals surface area (Å²) >= 11 is 5.70. The molecular formula is C12H17ClN4O2. The topological polar surface area (TPSA) is 90.1 Å². The summed E-state index contributed by atoms with van der Waals surface area (Å²) in [6, 6.07) is 0. The third kappa shape index (κ3) is 6.05. The molecule has 3 N–H and O–H groups in total. The number of alkyl carbamates (subject to hydrolysis) is 1. The summed E-state index contributed by atoms with van der Waals surface area (Å²) < 4.78 is 5.08. The quantitative estimate of drug-likeness (QED) is 0.888. The SMILES string of the molecule is CC(C)(C)OC(=O)NCC=Cc1nc(Cl)cnc1N. The van der Waals surface area contributed by atoms with Crippen molar-refractivity contribution in [3.63, 3.8) is 0 Å². The molecule has 0 unspecified atom stereocenters. The van der Waals surface area contributed by atoms with Crippen LogP contribution in [0.3, 0.4) is 0 Å². The molecule has 0 atom stereocenters. The van der Waals surface area contributed by atoms with Crippen LogP contribution in [0.4, 0.5) is 10.6 Å². The van der Waals surface area contributed by atoms with Gasteiger partial charge >= 0.3 is 6.09 Å². The number of carbonyl (C=O) groups excluding carboxylic acids is 1. The van der Waals surface area contributed by atoms with Gasteiger partial charge in [0.1, 0.15) is 22.3 Å². The highest BCUT2D eigenvalue weighted by molar-refractivity contribution is 6.29. The molecule has 1 aromatic heterocycles. The van der Waals surface area contributed by atoms with E-state index in [1.807, 2.05) is 0 Å². The summed E-state index contributed by atoms with van der Waals surface area (Å²) in [6.07, 6.45) is 4.20. The number of hydrogen-bond acceptors (Lipinski definition) is 5. The van der Waals surface area contributed by atoms with E-state index in [9.17, 15) is 4.79 Å². The van der Waals surface area contributed by atoms with Crippen LogP contribution in [0.2, 0.25) is 5.15 Å². The predicted octanol–water partition coefficient (Wildman–Crippen LogP) is 2.25. The molecule has 0 spiro atoms. The molecule has 0 aliphatic carbocycles. The summed E-state index contributed by atoms with van der Waals surface area (Å²) in [6.45, 7) is 5.68. The van der Waals surface area contributed by atoms with E-state index in [4.69, 9.17) is 22.1 Å². The van der Waals surface area contributed by atoms with Crippen LogP contribution in [0.1, 0.15) is 26.5 Å². The van der Waals surface area contributed by atoms with Crippen molar-refractivity contribution < 1.29 is 9.53 Å². The zero-order valence-corrected chi connectivity index (χ0v) is 11.9. The molecular weight excluding hydrogens is 268 g/mol. The molecule has 0 radical (unpaired) electrons. The molecule has 1 heterocycles. The summed E-state index contributed by atoms with van der Waals surface area (Å²) in [5.74, 6) is 0.276. The number of nitrogens with zero attached hydrogens (tertiary/aromatic N) is 2. The smallest absolute Gasteiger partial charge is 0.407 e. The first-order valence-electron chi connectivity index (χ1n) is 5.69. The van der Waals surface area contributed by atoms with Crippen molar-refractivity contribution >= 4 is 29.6 Å². The number of halogens is 1. The second kappa shape index (κ2) is 6.38. The van der Waals surface area contributed by atoms with E-state index >= 15 is 0 Å². The fraction of sp³-hybridized carbons (Fsp3) is 0.417. The first-order chi connectivity index (χ1) is 8.78. The van der Waals surface area contributed by atoms with Crippen LogP contribution in [-0.4, -0.2) is 28.2 Å². The van der Waals surface area contributed by atoms with E-state index in [1.165, 1.54) is 6.20 Å². The van der Waals surface area contributed by atoms with Crippen molar-refractivity contribution in [3.05, 3.63) is 23.1 Å². The van der Waals surface area contributed by atoms with Gasteiger partial charge in [-0.1, -0.05) is 17.7 Å². The minimum absolute atomic E-state index is 0.258. The van der Waals surface area contributed by atoms with Crippen molar-refractivity contribution in [2.24, 2.45) is 0 Å². The Morgan fingerprint density at radius 3 is 2.89 bits per heavy atom. The molecule has 1 amide bonds. The first kappa shape index (κ1) is 15.2. The highest BCUT2D eigenvalue weighted by Crippen LogP contribution is 2.11. The summed E-state index contributed by atoms with van der Waals surface area (Å²) in [5, 5.41) is 2.83. The molecule has 0 fully saturated rings. The van der Waals surface area contributed by atoms with E-state index in [-0.39, 0.29) is 11.0 Å². The maximum Gasteiger partial charge on any atom is 0.407 e. The van der Waals surface area contributed by atoms with E-state index < -0.39 is 11.7 Å². The molecule has 7 heteroatoms. The minimum Gasteiger partial charge on any atom is -0.444 e. The average molecular weight is 285 g/mol. The standard InChI is InChI=1S/C12H17ClN4O2/c1-12(2,3)19-11(18)15-6-4-5-8-10(14)16-7-9(13)17-8/h4-5,7H,6H2,1-3H3,(H2,14,16)(H,15,18). The molecule has 6 nitrogen and oxygen atoms in total. The van der Waals surface area contributed by atoms with Crippen LogP contribution >= 0.6 is 11.6 Å². The largest absolute Gasteiger partial charge is 0.444 e. The number of carbonyl (C=O) groups is 1. The van der Waals surface area contributed by atoms with Crippen LogP contribution in [0.15, 0.2) is 12.3 Å². The number of amides is 1. The molecule has 1 aromatic rings. The van der Waals surface area contributed by atoms with Crippen LogP contribution in [0, 0.1) is 0 Å². The van der Waals surface area contributed by atoms with Crippen LogP contribution in [-0.2, 0) is 4.74 Å². The Labute approximate surface area is 117 Å². The van der Waals surface area contributed by atoms with Crippen molar-refractivity contribution in [3.8, 4) is 0 Å². The second-order valence-corrected chi connectivity index (χ2v) is 5.14. The van der Waals surface area contributed by atoms with Crippen LogP contribution < -0.4 is 11.1 Å². The number of hydrogen-bond donors (Lipinski definition) is 2. The summed E-state index contributed by atoms with van der Waals surface area (Å²) in [5.41, 5.74) is 5.56. The third-order valence-electron chi connectivity index (χ3n) is 1.84. The Morgan fingerprint density at radius 1 is 1.58 bits per heavy atom. The monoisotopic (exact) mass is 284 g/mol. The van der Waals surface area contributed by atoms with Crippen LogP contribution in [0.5, 0.6) is 0 Å². The molecule has 19 heavy (non-hydrogen) atoms. The Bertz CT molecular complexity index is 483. The Hall–Kier alpha value is -1.82. The van der Waals surface area contributed by atoms with Gasteiger partial charge in [-0.25, -0.2) is 14.8 Å². The lowest BCUT2D eigenvalue weighted by molar-refractivity contribution is 0.0534. The highest BCUT2D eigenvalue weighted by Gasteiger charge is 2.14. The molecule has 0 bridgehead atoms. The summed E-state index contributed by atoms with van der Waals surface area (Å²) in [7, 11) is 0. The fourth-order valence-corrected chi connectivity index (χ4v) is 1.28. The second-order valence-electron chi connectivity index (χ2n) is 4.75. The predicted molar refractivity (Wildman–Crippen MR) is 74.7 cm³/mol. The Morgan fingerprint density at radius 2 is 2.26 bits per heavy atom. The third-order valence-corrected chi connectivity index (χ3v) is 2.02. The zero-order valence-electron chi connectivity index (χ0n) is 11.1. The Balaban J connectivity index is 2.47. The van der Waals surface area contributed by atoms with Crippen molar-refractivity contribution in [1.82, 2.24) is 15.3 Å². The normalized spacial score (nSPS) is 11.6. The van der Waals surface area contributed by atoms with Gasteiger partial charge in [0.15, 0.2) is 0 Å². The van der Waals surface area contributed by atoms with Gasteiger partial charge in [0, 0.05) is 6.54 Å².